The van der Waals surface area contributed by atoms with Crippen LogP contribution in [0.3, 0.4) is 0 Å². The summed E-state index contributed by atoms with van der Waals surface area (Å²) in [6.07, 6.45) is 1.59. The molecule has 2 aromatic carbocycles. The highest BCUT2D eigenvalue weighted by Crippen LogP contribution is 2.29. The zero-order valence-electron chi connectivity index (χ0n) is 12.1. The van der Waals surface area contributed by atoms with Gasteiger partial charge in [0.15, 0.2) is 0 Å². The summed E-state index contributed by atoms with van der Waals surface area (Å²) in [5.74, 6) is 0.224. The lowest BCUT2D eigenvalue weighted by Crippen LogP contribution is -2.26. The zero-order valence-corrected chi connectivity index (χ0v) is 12.9. The minimum Gasteiger partial charge on any atom is -0.271 e. The van der Waals surface area contributed by atoms with E-state index in [0.29, 0.717) is 5.69 Å². The second-order valence-corrected chi connectivity index (χ2v) is 5.95. The maximum absolute atomic E-state index is 13.3. The van der Waals surface area contributed by atoms with Crippen molar-refractivity contribution in [1.29, 1.82) is 0 Å². The van der Waals surface area contributed by atoms with Gasteiger partial charge in [-0.25, -0.2) is 9.18 Å². The van der Waals surface area contributed by atoms with Crippen LogP contribution in [0.25, 0.3) is 5.69 Å². The van der Waals surface area contributed by atoms with Gasteiger partial charge in [0.2, 0.25) is 0 Å². The van der Waals surface area contributed by atoms with Crippen molar-refractivity contribution >= 4 is 11.6 Å². The molecule has 1 aliphatic rings. The molecule has 0 bridgehead atoms. The fourth-order valence-corrected chi connectivity index (χ4v) is 3.25. The Morgan fingerprint density at radius 1 is 1.17 bits per heavy atom. The van der Waals surface area contributed by atoms with Crippen LogP contribution in [0.2, 0.25) is 5.02 Å². The van der Waals surface area contributed by atoms with Gasteiger partial charge in [-0.2, -0.15) is 4.68 Å². The van der Waals surface area contributed by atoms with Crippen molar-refractivity contribution in [2.45, 2.75) is 18.9 Å². The van der Waals surface area contributed by atoms with Crippen molar-refractivity contribution in [3.05, 3.63) is 81.2 Å². The average Bonchev–Trinajstić information content (AvgIpc) is 3.12. The van der Waals surface area contributed by atoms with Crippen LogP contribution in [0.1, 0.15) is 23.9 Å². The molecule has 0 saturated carbocycles. The van der Waals surface area contributed by atoms with Gasteiger partial charge in [0.25, 0.3) is 0 Å². The van der Waals surface area contributed by atoms with E-state index in [9.17, 15) is 9.18 Å². The van der Waals surface area contributed by atoms with Crippen LogP contribution in [0, 0.1) is 5.82 Å². The first-order chi connectivity index (χ1) is 11.1. The summed E-state index contributed by atoms with van der Waals surface area (Å²) in [6, 6.07) is 14.0. The van der Waals surface area contributed by atoms with Gasteiger partial charge in [-0.15, -0.1) is 5.10 Å². The van der Waals surface area contributed by atoms with Crippen molar-refractivity contribution < 1.29 is 4.39 Å². The fourth-order valence-electron chi connectivity index (χ4n) is 3.07. The van der Waals surface area contributed by atoms with E-state index in [4.69, 9.17) is 11.6 Å². The van der Waals surface area contributed by atoms with Crippen LogP contribution >= 0.6 is 11.6 Å². The molecule has 4 nitrogen and oxygen atoms in total. The van der Waals surface area contributed by atoms with E-state index in [2.05, 4.69) is 5.10 Å². The lowest BCUT2D eigenvalue weighted by Gasteiger charge is -2.11. The Morgan fingerprint density at radius 2 is 1.96 bits per heavy atom. The number of fused-ring (bicyclic) bond motifs is 1. The van der Waals surface area contributed by atoms with E-state index in [1.807, 2.05) is 30.3 Å². The molecule has 2 heterocycles. The van der Waals surface area contributed by atoms with Gasteiger partial charge < -0.3 is 0 Å². The van der Waals surface area contributed by atoms with E-state index in [-0.39, 0.29) is 16.8 Å². The van der Waals surface area contributed by atoms with E-state index in [1.54, 1.807) is 4.57 Å². The van der Waals surface area contributed by atoms with Crippen LogP contribution in [0.4, 0.5) is 4.39 Å². The summed E-state index contributed by atoms with van der Waals surface area (Å²) in [7, 11) is 0. The minimum absolute atomic E-state index is 0.0108. The molecule has 1 atom stereocenters. The van der Waals surface area contributed by atoms with Gasteiger partial charge in [0.05, 0.1) is 16.8 Å². The molecule has 1 aliphatic heterocycles. The SMILES string of the molecule is O=c1n(-c2ccc(F)c(Cl)c2)nc2n1[C@H](c1ccccc1)CC2. The molecular weight excluding hydrogens is 317 g/mol. The number of hydrogen-bond donors (Lipinski definition) is 0. The molecule has 0 aliphatic carbocycles. The number of aryl methyl sites for hydroxylation is 1. The molecule has 3 aromatic rings. The first-order valence-electron chi connectivity index (χ1n) is 7.36. The number of aromatic nitrogens is 3. The molecule has 0 spiro atoms. The molecule has 0 saturated heterocycles. The molecule has 0 amide bonds. The van der Waals surface area contributed by atoms with E-state index < -0.39 is 5.82 Å². The minimum atomic E-state index is -0.516. The molecule has 1 aromatic heterocycles. The molecule has 116 valence electrons. The maximum atomic E-state index is 13.3. The Bertz CT molecular complexity index is 933. The van der Waals surface area contributed by atoms with Gasteiger partial charge in [-0.3, -0.25) is 4.57 Å². The third kappa shape index (κ3) is 2.28. The Labute approximate surface area is 136 Å². The topological polar surface area (TPSA) is 39.8 Å². The smallest absolute Gasteiger partial charge is 0.271 e. The Kier molecular flexibility index (Phi) is 3.31. The van der Waals surface area contributed by atoms with Crippen LogP contribution in [0.5, 0.6) is 0 Å². The normalized spacial score (nSPS) is 16.5. The first-order valence-corrected chi connectivity index (χ1v) is 7.74. The first kappa shape index (κ1) is 14.2. The predicted octanol–water partition coefficient (Wildman–Crippen LogP) is 3.36. The van der Waals surface area contributed by atoms with Crippen LogP contribution < -0.4 is 5.69 Å². The Hall–Kier alpha value is -2.40. The highest BCUT2D eigenvalue weighted by atomic mass is 35.5. The van der Waals surface area contributed by atoms with E-state index in [0.717, 1.165) is 24.2 Å². The summed E-state index contributed by atoms with van der Waals surface area (Å²) >= 11 is 5.81. The van der Waals surface area contributed by atoms with Crippen molar-refractivity contribution in [2.24, 2.45) is 0 Å². The molecule has 0 fully saturated rings. The number of hydrogen-bond acceptors (Lipinski definition) is 2. The largest absolute Gasteiger partial charge is 0.351 e. The number of halogens is 2. The monoisotopic (exact) mass is 329 g/mol. The van der Waals surface area contributed by atoms with Gasteiger partial charge in [0, 0.05) is 6.42 Å². The molecule has 23 heavy (non-hydrogen) atoms. The van der Waals surface area contributed by atoms with Crippen LogP contribution in [0.15, 0.2) is 53.3 Å². The van der Waals surface area contributed by atoms with Gasteiger partial charge in [-0.05, 0) is 30.2 Å². The number of benzene rings is 2. The number of nitrogens with zero attached hydrogens (tertiary/aromatic N) is 3. The maximum Gasteiger partial charge on any atom is 0.351 e. The van der Waals surface area contributed by atoms with Crippen LogP contribution in [-0.2, 0) is 6.42 Å². The second kappa shape index (κ2) is 5.35. The summed E-state index contributed by atoms with van der Waals surface area (Å²) in [5.41, 5.74) is 1.33. The molecular formula is C17H13ClFN3O. The Balaban J connectivity index is 1.82. The summed E-state index contributed by atoms with van der Waals surface area (Å²) < 4.78 is 16.3. The van der Waals surface area contributed by atoms with Crippen molar-refractivity contribution in [3.63, 3.8) is 0 Å². The molecule has 0 N–H and O–H groups in total. The van der Waals surface area contributed by atoms with Crippen LogP contribution in [-0.4, -0.2) is 14.3 Å². The average molecular weight is 330 g/mol. The molecule has 6 heteroatoms. The zero-order chi connectivity index (χ0) is 16.0. The molecule has 0 unspecified atom stereocenters. The van der Waals surface area contributed by atoms with Gasteiger partial charge in [0.1, 0.15) is 11.6 Å². The predicted molar refractivity (Wildman–Crippen MR) is 85.7 cm³/mol. The van der Waals surface area contributed by atoms with Gasteiger partial charge in [-0.1, -0.05) is 41.9 Å². The lowest BCUT2D eigenvalue weighted by atomic mass is 10.1. The highest BCUT2D eigenvalue weighted by molar-refractivity contribution is 6.30. The van der Waals surface area contributed by atoms with Crippen molar-refractivity contribution in [2.75, 3.05) is 0 Å². The van der Waals surface area contributed by atoms with Crippen molar-refractivity contribution in [3.8, 4) is 5.69 Å². The summed E-state index contributed by atoms with van der Waals surface area (Å²) in [4.78, 5) is 12.8. The van der Waals surface area contributed by atoms with E-state index >= 15 is 0 Å². The second-order valence-electron chi connectivity index (χ2n) is 5.54. The summed E-state index contributed by atoms with van der Waals surface area (Å²) in [5, 5.41) is 4.37. The quantitative estimate of drug-likeness (QED) is 0.723. The third-order valence-electron chi connectivity index (χ3n) is 4.17. The standard InChI is InChI=1S/C17H13ClFN3O/c18-13-10-12(6-7-14(13)19)22-17(23)21-15(8-9-16(21)20-22)11-4-2-1-3-5-11/h1-7,10,15H,8-9H2/t15-/m0/s1. The Morgan fingerprint density at radius 3 is 2.70 bits per heavy atom. The van der Waals surface area contributed by atoms with E-state index in [1.165, 1.54) is 22.9 Å². The molecule has 0 radical (unpaired) electrons. The summed E-state index contributed by atoms with van der Waals surface area (Å²) in [6.45, 7) is 0. The van der Waals surface area contributed by atoms with Gasteiger partial charge >= 0.3 is 5.69 Å². The lowest BCUT2D eigenvalue weighted by molar-refractivity contribution is 0.587. The third-order valence-corrected chi connectivity index (χ3v) is 4.46. The number of rotatable bonds is 2. The fraction of sp³-hybridized carbons (Fsp3) is 0.176. The van der Waals surface area contributed by atoms with Crippen molar-refractivity contribution in [1.82, 2.24) is 14.3 Å². The molecule has 4 rings (SSSR count). The highest BCUT2D eigenvalue weighted by Gasteiger charge is 2.29.